The summed E-state index contributed by atoms with van der Waals surface area (Å²) in [5.41, 5.74) is 0. The number of hydrogen-bond donors (Lipinski definition) is 1. The third-order valence-corrected chi connectivity index (χ3v) is 4.37. The Morgan fingerprint density at radius 1 is 1.67 bits per heavy atom. The quantitative estimate of drug-likeness (QED) is 0.544. The van der Waals surface area contributed by atoms with Gasteiger partial charge in [0, 0.05) is 0 Å². The van der Waals surface area contributed by atoms with E-state index in [0.29, 0.717) is 3.77 Å². The molecule has 0 aliphatic rings. The number of aryl methyl sites for hydroxylation is 1. The fourth-order valence-electron chi connectivity index (χ4n) is 0.506. The Balaban J connectivity index is 2.98. The van der Waals surface area contributed by atoms with Gasteiger partial charge in [-0.15, -0.1) is 0 Å². The summed E-state index contributed by atoms with van der Waals surface area (Å²) in [6.45, 7) is 1.97. The molecule has 0 aliphatic carbocycles. The van der Waals surface area contributed by atoms with Crippen molar-refractivity contribution in [1.82, 2.24) is 0 Å². The van der Waals surface area contributed by atoms with Gasteiger partial charge in [-0.05, 0) is 0 Å². The first kappa shape index (κ1) is 7.22. The summed E-state index contributed by atoms with van der Waals surface area (Å²) in [7, 11) is 0. The van der Waals surface area contributed by atoms with E-state index in [4.69, 9.17) is 4.55 Å². The van der Waals surface area contributed by atoms with Crippen molar-refractivity contribution in [3.63, 3.8) is 0 Å². The van der Waals surface area contributed by atoms with Crippen molar-refractivity contribution in [3.05, 3.63) is 16.6 Å². The molecule has 0 saturated heterocycles. The van der Waals surface area contributed by atoms with Crippen molar-refractivity contribution in [2.45, 2.75) is 10.7 Å². The average Bonchev–Trinajstić information content (AvgIpc) is 2.14. The van der Waals surface area contributed by atoms with Gasteiger partial charge >= 0.3 is 61.6 Å². The Morgan fingerprint density at radius 3 is 2.56 bits per heavy atom. The van der Waals surface area contributed by atoms with E-state index in [1.807, 2.05) is 13.0 Å². The average molecular weight is 209 g/mol. The second-order valence-electron chi connectivity index (χ2n) is 1.61. The van der Waals surface area contributed by atoms with Crippen LogP contribution in [0.1, 0.15) is 4.44 Å². The zero-order valence-electron chi connectivity index (χ0n) is 4.83. The van der Waals surface area contributed by atoms with E-state index in [1.54, 1.807) is 6.07 Å². The van der Waals surface area contributed by atoms with Crippen LogP contribution in [-0.4, -0.2) is 23.3 Å². The zero-order chi connectivity index (χ0) is 6.85. The molecule has 0 spiro atoms. The van der Waals surface area contributed by atoms with E-state index in [-0.39, 0.29) is 14.5 Å². The minimum atomic E-state index is -1.72. The molecule has 1 atom stereocenters. The van der Waals surface area contributed by atoms with Crippen LogP contribution in [0.25, 0.3) is 0 Å². The molecule has 1 N–H and O–H groups in total. The van der Waals surface area contributed by atoms with Gasteiger partial charge in [-0.2, -0.15) is 0 Å². The Bertz CT molecular complexity index is 231. The fraction of sp³-hybridized carbons (Fsp3) is 0.200. The second-order valence-corrected chi connectivity index (χ2v) is 5.84. The predicted octanol–water partition coefficient (Wildman–Crippen LogP) is 0.633. The minimum absolute atomic E-state index is 0.139. The Kier molecular flexibility index (Phi) is 2.24. The normalized spacial score (nSPS) is 13.6. The molecule has 0 aromatic carbocycles. The van der Waals surface area contributed by atoms with Crippen molar-refractivity contribution >= 4 is 25.6 Å². The Hall–Kier alpha value is 0.109. The van der Waals surface area contributed by atoms with Crippen LogP contribution in [0.15, 0.2) is 15.9 Å². The fourth-order valence-corrected chi connectivity index (χ4v) is 3.13. The van der Waals surface area contributed by atoms with Gasteiger partial charge in [0.1, 0.15) is 0 Å². The molecular formula is C5H6O2SSe. The molecule has 1 rings (SSSR count). The van der Waals surface area contributed by atoms with Crippen molar-refractivity contribution in [3.8, 4) is 0 Å². The summed E-state index contributed by atoms with van der Waals surface area (Å²) < 4.78 is 20.8. The Morgan fingerprint density at radius 2 is 2.33 bits per heavy atom. The van der Waals surface area contributed by atoms with Crippen LogP contribution < -0.4 is 0 Å². The van der Waals surface area contributed by atoms with E-state index >= 15 is 0 Å². The monoisotopic (exact) mass is 210 g/mol. The van der Waals surface area contributed by atoms with Gasteiger partial charge in [-0.1, -0.05) is 0 Å². The summed E-state index contributed by atoms with van der Waals surface area (Å²) in [5.74, 6) is 0. The van der Waals surface area contributed by atoms with Gasteiger partial charge in [-0.25, -0.2) is 0 Å². The van der Waals surface area contributed by atoms with Crippen LogP contribution in [0, 0.1) is 6.92 Å². The van der Waals surface area contributed by atoms with Crippen molar-refractivity contribution in [2.24, 2.45) is 0 Å². The molecule has 0 bridgehead atoms. The van der Waals surface area contributed by atoms with Gasteiger partial charge in [0.25, 0.3) is 0 Å². The number of rotatable bonds is 1. The molecule has 0 amide bonds. The maximum absolute atomic E-state index is 10.4. The summed E-state index contributed by atoms with van der Waals surface area (Å²) in [4.78, 5) is 0. The van der Waals surface area contributed by atoms with Crippen LogP contribution >= 0.6 is 0 Å². The molecule has 1 aromatic heterocycles. The molecule has 0 aliphatic heterocycles. The maximum atomic E-state index is 10.4. The van der Waals surface area contributed by atoms with Crippen LogP contribution in [-0.2, 0) is 11.1 Å². The van der Waals surface area contributed by atoms with Gasteiger partial charge in [0.15, 0.2) is 0 Å². The SMILES string of the molecule is Cc1ccc(S(=O)O)[se]1. The van der Waals surface area contributed by atoms with Crippen LogP contribution in [0.4, 0.5) is 0 Å². The van der Waals surface area contributed by atoms with Gasteiger partial charge in [-0.3, -0.25) is 0 Å². The van der Waals surface area contributed by atoms with Gasteiger partial charge in [0.2, 0.25) is 0 Å². The topological polar surface area (TPSA) is 37.3 Å². The summed E-state index contributed by atoms with van der Waals surface area (Å²) >= 11 is -1.59. The van der Waals surface area contributed by atoms with E-state index in [9.17, 15) is 4.21 Å². The standard InChI is InChI=1S/C5H6O2SSe/c1-4-2-3-5(9-4)8(6)7/h2-3H,1H3,(H,6,7). The molecule has 1 aromatic rings. The molecule has 9 heavy (non-hydrogen) atoms. The van der Waals surface area contributed by atoms with Crippen molar-refractivity contribution in [2.75, 3.05) is 0 Å². The van der Waals surface area contributed by atoms with Crippen LogP contribution in [0.3, 0.4) is 0 Å². The first-order valence-electron chi connectivity index (χ1n) is 2.37. The molecule has 4 heteroatoms. The van der Waals surface area contributed by atoms with Crippen molar-refractivity contribution < 1.29 is 8.76 Å². The number of hydrogen-bond acceptors (Lipinski definition) is 1. The van der Waals surface area contributed by atoms with Crippen LogP contribution in [0.5, 0.6) is 0 Å². The molecule has 1 heterocycles. The molecule has 50 valence electrons. The second kappa shape index (κ2) is 2.80. The third-order valence-electron chi connectivity index (χ3n) is 0.888. The predicted molar refractivity (Wildman–Crippen MR) is 37.2 cm³/mol. The first-order valence-corrected chi connectivity index (χ1v) is 5.19. The molecule has 0 fully saturated rings. The van der Waals surface area contributed by atoms with E-state index in [1.165, 1.54) is 4.44 Å². The summed E-state index contributed by atoms with van der Waals surface area (Å²) in [6, 6.07) is 3.62. The molecule has 1 unspecified atom stereocenters. The summed E-state index contributed by atoms with van der Waals surface area (Å²) in [5, 5.41) is 0. The van der Waals surface area contributed by atoms with E-state index < -0.39 is 11.1 Å². The summed E-state index contributed by atoms with van der Waals surface area (Å²) in [6.07, 6.45) is 0. The van der Waals surface area contributed by atoms with Gasteiger partial charge in [0.05, 0.1) is 0 Å². The van der Waals surface area contributed by atoms with E-state index in [2.05, 4.69) is 0 Å². The van der Waals surface area contributed by atoms with Crippen molar-refractivity contribution in [1.29, 1.82) is 0 Å². The molecular weight excluding hydrogens is 203 g/mol. The molecule has 0 radical (unpaired) electrons. The molecule has 2 nitrogen and oxygen atoms in total. The van der Waals surface area contributed by atoms with Gasteiger partial charge < -0.3 is 0 Å². The van der Waals surface area contributed by atoms with E-state index in [0.717, 1.165) is 0 Å². The Labute approximate surface area is 61.9 Å². The first-order chi connectivity index (χ1) is 4.20. The molecule has 0 saturated carbocycles. The van der Waals surface area contributed by atoms with Crippen LogP contribution in [0.2, 0.25) is 0 Å². The zero-order valence-corrected chi connectivity index (χ0v) is 7.36. The third kappa shape index (κ3) is 1.76.